The Morgan fingerprint density at radius 2 is 1.50 bits per heavy atom. The van der Waals surface area contributed by atoms with Crippen LogP contribution in [0.25, 0.3) is 6.08 Å². The predicted molar refractivity (Wildman–Crippen MR) is 90.4 cm³/mol. The molecule has 1 unspecified atom stereocenters. The molecule has 0 saturated carbocycles. The number of benzene rings is 2. The summed E-state index contributed by atoms with van der Waals surface area (Å²) in [6.07, 6.45) is 4.59. The molecule has 0 nitrogen and oxygen atoms in total. The second-order valence-electron chi connectivity index (χ2n) is 5.85. The molecule has 0 saturated heterocycles. The van der Waals surface area contributed by atoms with Crippen LogP contribution < -0.4 is 0 Å². The lowest BCUT2D eigenvalue weighted by atomic mass is 9.85. The van der Waals surface area contributed by atoms with Crippen LogP contribution in [-0.2, 0) is 0 Å². The molecule has 0 bridgehead atoms. The first-order valence-corrected chi connectivity index (χ1v) is 7.83. The first-order chi connectivity index (χ1) is 9.49. The van der Waals surface area contributed by atoms with Crippen molar-refractivity contribution in [3.05, 3.63) is 73.8 Å². The van der Waals surface area contributed by atoms with Gasteiger partial charge < -0.3 is 0 Å². The minimum absolute atomic E-state index is 0.375. The number of hydrogen-bond donors (Lipinski definition) is 0. The van der Waals surface area contributed by atoms with Gasteiger partial charge in [0.1, 0.15) is 0 Å². The third-order valence-electron chi connectivity index (χ3n) is 4.23. The van der Waals surface area contributed by atoms with E-state index in [0.717, 1.165) is 0 Å². The van der Waals surface area contributed by atoms with E-state index in [4.69, 9.17) is 0 Å². The molecule has 1 aliphatic carbocycles. The molecule has 0 amide bonds. The Bertz CT molecular complexity index is 700. The lowest BCUT2D eigenvalue weighted by Gasteiger charge is -2.20. The summed E-state index contributed by atoms with van der Waals surface area (Å²) in [6.45, 7) is 8.78. The second-order valence-corrected chi connectivity index (χ2v) is 6.64. The van der Waals surface area contributed by atoms with E-state index in [9.17, 15) is 0 Å². The average molecular weight is 327 g/mol. The summed E-state index contributed by atoms with van der Waals surface area (Å²) >= 11 is 3.79. The van der Waals surface area contributed by atoms with E-state index in [1.165, 1.54) is 43.4 Å². The number of hydrogen-bond acceptors (Lipinski definition) is 0. The molecule has 20 heavy (non-hydrogen) atoms. The lowest BCUT2D eigenvalue weighted by molar-refractivity contribution is 0.993. The maximum Gasteiger partial charge on any atom is 0.0295 e. The van der Waals surface area contributed by atoms with Gasteiger partial charge in [-0.2, -0.15) is 0 Å². The summed E-state index contributed by atoms with van der Waals surface area (Å²) in [5.41, 5.74) is 9.63. The Labute approximate surface area is 129 Å². The van der Waals surface area contributed by atoms with Gasteiger partial charge in [0.2, 0.25) is 0 Å². The Morgan fingerprint density at radius 1 is 0.850 bits per heavy atom. The van der Waals surface area contributed by atoms with Gasteiger partial charge in [0, 0.05) is 10.4 Å². The van der Waals surface area contributed by atoms with Crippen molar-refractivity contribution in [2.24, 2.45) is 0 Å². The fraction of sp³-hybridized carbons (Fsp3) is 0.263. The number of rotatable bonds is 1. The fourth-order valence-electron chi connectivity index (χ4n) is 3.40. The van der Waals surface area contributed by atoms with E-state index in [-0.39, 0.29) is 0 Å². The maximum absolute atomic E-state index is 3.79. The van der Waals surface area contributed by atoms with Crippen LogP contribution in [0.1, 0.15) is 44.9 Å². The molecule has 0 spiro atoms. The largest absolute Gasteiger partial charge is 0.0720 e. The lowest BCUT2D eigenvalue weighted by Crippen LogP contribution is -2.04. The summed E-state index contributed by atoms with van der Waals surface area (Å²) < 4.78 is 1.25. The van der Waals surface area contributed by atoms with E-state index >= 15 is 0 Å². The third kappa shape index (κ3) is 2.05. The van der Waals surface area contributed by atoms with Gasteiger partial charge in [0.25, 0.3) is 0 Å². The molecule has 0 N–H and O–H groups in total. The summed E-state index contributed by atoms with van der Waals surface area (Å²) in [6, 6.07) is 8.99. The van der Waals surface area contributed by atoms with E-state index in [1.54, 1.807) is 0 Å². The summed E-state index contributed by atoms with van der Waals surface area (Å²) in [4.78, 5) is 0. The van der Waals surface area contributed by atoms with Crippen molar-refractivity contribution in [2.75, 3.05) is 0 Å². The van der Waals surface area contributed by atoms with Crippen LogP contribution in [0.3, 0.4) is 0 Å². The van der Waals surface area contributed by atoms with Gasteiger partial charge in [-0.25, -0.2) is 0 Å². The predicted octanol–water partition coefficient (Wildman–Crippen LogP) is 5.84. The highest BCUT2D eigenvalue weighted by molar-refractivity contribution is 9.10. The van der Waals surface area contributed by atoms with Crippen molar-refractivity contribution >= 4 is 22.0 Å². The summed E-state index contributed by atoms with van der Waals surface area (Å²) in [5, 5.41) is 0. The molecule has 3 rings (SSSR count). The van der Waals surface area contributed by atoms with Gasteiger partial charge in [0.15, 0.2) is 0 Å². The molecule has 0 aromatic heterocycles. The summed E-state index contributed by atoms with van der Waals surface area (Å²) in [7, 11) is 0. The molecular formula is C19H19Br. The van der Waals surface area contributed by atoms with Crippen molar-refractivity contribution in [3.63, 3.8) is 0 Å². The number of halogens is 1. The van der Waals surface area contributed by atoms with Gasteiger partial charge >= 0.3 is 0 Å². The molecule has 2 aromatic rings. The van der Waals surface area contributed by atoms with Gasteiger partial charge in [-0.1, -0.05) is 57.9 Å². The highest BCUT2D eigenvalue weighted by atomic mass is 79.9. The third-order valence-corrected chi connectivity index (χ3v) is 5.29. The van der Waals surface area contributed by atoms with Crippen LogP contribution in [0.5, 0.6) is 0 Å². The van der Waals surface area contributed by atoms with E-state index < -0.39 is 0 Å². The van der Waals surface area contributed by atoms with Crippen molar-refractivity contribution in [1.29, 1.82) is 0 Å². The van der Waals surface area contributed by atoms with E-state index in [1.807, 2.05) is 0 Å². The van der Waals surface area contributed by atoms with Crippen LogP contribution in [0.15, 0.2) is 34.8 Å². The van der Waals surface area contributed by atoms with Gasteiger partial charge in [0.05, 0.1) is 0 Å². The Balaban J connectivity index is 2.22. The molecule has 1 heteroatoms. The van der Waals surface area contributed by atoms with Crippen molar-refractivity contribution in [3.8, 4) is 0 Å². The quantitative estimate of drug-likeness (QED) is 0.617. The number of aryl methyl sites for hydroxylation is 4. The van der Waals surface area contributed by atoms with Gasteiger partial charge in [-0.15, -0.1) is 0 Å². The molecule has 0 aliphatic heterocycles. The second kappa shape index (κ2) is 4.89. The minimum atomic E-state index is 0.375. The van der Waals surface area contributed by atoms with Crippen LogP contribution in [0.4, 0.5) is 0 Å². The molecule has 0 fully saturated rings. The van der Waals surface area contributed by atoms with Crippen LogP contribution in [0, 0.1) is 27.7 Å². The molecule has 1 aliphatic rings. The minimum Gasteiger partial charge on any atom is -0.0720 e. The van der Waals surface area contributed by atoms with Gasteiger partial charge in [-0.3, -0.25) is 0 Å². The van der Waals surface area contributed by atoms with E-state index in [0.29, 0.717) is 5.92 Å². The zero-order chi connectivity index (χ0) is 14.4. The Morgan fingerprint density at radius 3 is 2.15 bits per heavy atom. The molecule has 0 heterocycles. The van der Waals surface area contributed by atoms with Crippen molar-refractivity contribution in [1.82, 2.24) is 0 Å². The molecule has 0 radical (unpaired) electrons. The van der Waals surface area contributed by atoms with Crippen molar-refractivity contribution < 1.29 is 0 Å². The molecule has 2 aromatic carbocycles. The smallest absolute Gasteiger partial charge is 0.0295 e. The monoisotopic (exact) mass is 326 g/mol. The number of fused-ring (bicyclic) bond motifs is 1. The highest BCUT2D eigenvalue weighted by Crippen LogP contribution is 2.43. The van der Waals surface area contributed by atoms with Crippen LogP contribution in [-0.4, -0.2) is 0 Å². The maximum atomic E-state index is 3.79. The zero-order valence-electron chi connectivity index (χ0n) is 12.4. The standard InChI is InChI=1S/C19H19Br/c1-11-9-13(3)17(14(4)10-11)16-8-7-15-6-5-12(2)19(20)18(15)16/h5-10,16H,1-4H3. The first kappa shape index (κ1) is 13.6. The Kier molecular flexibility index (Phi) is 3.33. The average Bonchev–Trinajstić information content (AvgIpc) is 2.77. The highest BCUT2D eigenvalue weighted by Gasteiger charge is 2.25. The normalized spacial score (nSPS) is 16.6. The SMILES string of the molecule is Cc1cc(C)c(C2C=Cc3ccc(C)c(Br)c32)c(C)c1. The first-order valence-electron chi connectivity index (χ1n) is 7.04. The summed E-state index contributed by atoms with van der Waals surface area (Å²) in [5.74, 6) is 0.375. The van der Waals surface area contributed by atoms with Gasteiger partial charge in [-0.05, 0) is 61.1 Å². The number of allylic oxidation sites excluding steroid dienone is 1. The van der Waals surface area contributed by atoms with Crippen molar-refractivity contribution in [2.45, 2.75) is 33.6 Å². The molecule has 1 atom stereocenters. The van der Waals surface area contributed by atoms with E-state index in [2.05, 4.69) is 80.0 Å². The van der Waals surface area contributed by atoms with Crippen LogP contribution in [0.2, 0.25) is 0 Å². The topological polar surface area (TPSA) is 0 Å². The molecular weight excluding hydrogens is 308 g/mol. The molecule has 102 valence electrons. The Hall–Kier alpha value is -1.34. The fourth-order valence-corrected chi connectivity index (χ4v) is 4.00. The van der Waals surface area contributed by atoms with Crippen LogP contribution >= 0.6 is 15.9 Å². The zero-order valence-corrected chi connectivity index (χ0v) is 14.0.